The molecular formula is C28H28F3N7O2. The molecule has 0 unspecified atom stereocenters. The minimum Gasteiger partial charge on any atom is -0.497 e. The SMILES string of the molecule is CNc1nccc(-c2cc(NC(=O)CN3CCN(c4ncccc4C(F)(F)F)CC3)c3cc(OC)ccc3c2)n1. The molecule has 0 aliphatic carbocycles. The van der Waals surface area contributed by atoms with Crippen LogP contribution >= 0.6 is 0 Å². The number of nitrogens with zero attached hydrogens (tertiary/aromatic N) is 5. The van der Waals surface area contributed by atoms with Gasteiger partial charge in [-0.1, -0.05) is 6.07 Å². The molecule has 0 bridgehead atoms. The average molecular weight is 552 g/mol. The highest BCUT2D eigenvalue weighted by atomic mass is 19.4. The molecule has 1 amide bonds. The molecule has 2 aromatic carbocycles. The van der Waals surface area contributed by atoms with Crippen LogP contribution in [-0.2, 0) is 11.0 Å². The normalized spacial score (nSPS) is 14.3. The smallest absolute Gasteiger partial charge is 0.419 e. The van der Waals surface area contributed by atoms with Crippen LogP contribution in [0.25, 0.3) is 22.0 Å². The van der Waals surface area contributed by atoms with Crippen molar-refractivity contribution in [3.05, 3.63) is 66.5 Å². The predicted molar refractivity (Wildman–Crippen MR) is 148 cm³/mol. The van der Waals surface area contributed by atoms with Crippen LogP contribution in [0.2, 0.25) is 0 Å². The first kappa shape index (κ1) is 27.1. The van der Waals surface area contributed by atoms with E-state index in [1.165, 1.54) is 12.3 Å². The summed E-state index contributed by atoms with van der Waals surface area (Å²) in [5.41, 5.74) is 1.34. The Morgan fingerprint density at radius 2 is 1.82 bits per heavy atom. The zero-order chi connectivity index (χ0) is 28.3. The fourth-order valence-electron chi connectivity index (χ4n) is 4.74. The number of halogens is 3. The van der Waals surface area contributed by atoms with Crippen LogP contribution in [0.5, 0.6) is 5.75 Å². The van der Waals surface area contributed by atoms with Crippen LogP contribution in [-0.4, -0.2) is 72.6 Å². The van der Waals surface area contributed by atoms with E-state index in [0.29, 0.717) is 49.3 Å². The number of amides is 1. The highest BCUT2D eigenvalue weighted by Gasteiger charge is 2.36. The largest absolute Gasteiger partial charge is 0.497 e. The lowest BCUT2D eigenvalue weighted by Crippen LogP contribution is -2.49. The average Bonchev–Trinajstić information content (AvgIpc) is 2.97. The molecule has 3 heterocycles. The van der Waals surface area contributed by atoms with Gasteiger partial charge in [0, 0.05) is 62.3 Å². The maximum absolute atomic E-state index is 13.4. The second-order valence-corrected chi connectivity index (χ2v) is 9.31. The summed E-state index contributed by atoms with van der Waals surface area (Å²) in [6.07, 6.45) is -1.47. The maximum atomic E-state index is 13.4. The fourth-order valence-corrected chi connectivity index (χ4v) is 4.74. The van der Waals surface area contributed by atoms with Gasteiger partial charge in [-0.25, -0.2) is 15.0 Å². The Bertz CT molecular complexity index is 1520. The summed E-state index contributed by atoms with van der Waals surface area (Å²) in [4.78, 5) is 29.4. The topological polar surface area (TPSA) is 95.5 Å². The Hall–Kier alpha value is -4.45. The van der Waals surface area contributed by atoms with E-state index in [1.54, 1.807) is 31.3 Å². The molecule has 1 fully saturated rings. The van der Waals surface area contributed by atoms with E-state index >= 15 is 0 Å². The van der Waals surface area contributed by atoms with Crippen molar-refractivity contribution in [3.63, 3.8) is 0 Å². The van der Waals surface area contributed by atoms with Gasteiger partial charge >= 0.3 is 6.18 Å². The molecule has 9 nitrogen and oxygen atoms in total. The number of carbonyl (C=O) groups is 1. The van der Waals surface area contributed by atoms with E-state index in [1.807, 2.05) is 35.2 Å². The number of hydrogen-bond acceptors (Lipinski definition) is 8. The molecule has 0 atom stereocenters. The maximum Gasteiger partial charge on any atom is 0.419 e. The van der Waals surface area contributed by atoms with Crippen LogP contribution in [0.3, 0.4) is 0 Å². The zero-order valence-electron chi connectivity index (χ0n) is 22.0. The lowest BCUT2D eigenvalue weighted by atomic mass is 10.0. The van der Waals surface area contributed by atoms with Crippen molar-refractivity contribution in [2.45, 2.75) is 6.18 Å². The molecule has 1 aliphatic heterocycles. The summed E-state index contributed by atoms with van der Waals surface area (Å²) in [7, 11) is 3.32. The molecule has 208 valence electrons. The molecule has 0 spiro atoms. The molecule has 1 aliphatic rings. The molecular weight excluding hydrogens is 523 g/mol. The second kappa shape index (κ2) is 11.3. The number of fused-ring (bicyclic) bond motifs is 1. The summed E-state index contributed by atoms with van der Waals surface area (Å²) in [5.74, 6) is 0.814. The van der Waals surface area contributed by atoms with Gasteiger partial charge in [0.15, 0.2) is 0 Å². The summed E-state index contributed by atoms with van der Waals surface area (Å²) < 4.78 is 45.7. The number of aromatic nitrogens is 3. The lowest BCUT2D eigenvalue weighted by molar-refractivity contribution is -0.137. The molecule has 2 N–H and O–H groups in total. The molecule has 0 saturated carbocycles. The van der Waals surface area contributed by atoms with Gasteiger partial charge in [-0.2, -0.15) is 13.2 Å². The Morgan fingerprint density at radius 1 is 1.02 bits per heavy atom. The summed E-state index contributed by atoms with van der Waals surface area (Å²) in [6, 6.07) is 13.6. The van der Waals surface area contributed by atoms with E-state index in [9.17, 15) is 18.0 Å². The van der Waals surface area contributed by atoms with Crippen molar-refractivity contribution in [3.8, 4) is 17.0 Å². The monoisotopic (exact) mass is 551 g/mol. The van der Waals surface area contributed by atoms with Crippen molar-refractivity contribution in [2.24, 2.45) is 0 Å². The molecule has 4 aromatic rings. The highest BCUT2D eigenvalue weighted by Crippen LogP contribution is 2.36. The first-order valence-corrected chi connectivity index (χ1v) is 12.7. The molecule has 2 aromatic heterocycles. The van der Waals surface area contributed by atoms with E-state index in [0.717, 1.165) is 22.4 Å². The first-order chi connectivity index (χ1) is 19.2. The minimum absolute atomic E-state index is 0.0810. The standard InChI is InChI=1S/C28H28F3N7O2/c1-32-27-34-9-7-23(36-27)19-14-18-5-6-20(40-2)16-21(18)24(15-19)35-25(39)17-37-10-12-38(13-11-37)26-22(28(29,30)31)4-3-8-33-26/h3-9,14-16H,10-13,17H2,1-2H3,(H,35,39)(H,32,34,36). The highest BCUT2D eigenvalue weighted by molar-refractivity contribution is 6.05. The predicted octanol–water partition coefficient (Wildman–Crippen LogP) is 4.52. The molecule has 12 heteroatoms. The van der Waals surface area contributed by atoms with Crippen molar-refractivity contribution in [1.82, 2.24) is 19.9 Å². The number of hydrogen-bond donors (Lipinski definition) is 2. The number of anilines is 3. The van der Waals surface area contributed by atoms with Crippen LogP contribution < -0.4 is 20.3 Å². The molecule has 1 saturated heterocycles. The van der Waals surface area contributed by atoms with Gasteiger partial charge in [0.05, 0.1) is 24.9 Å². The second-order valence-electron chi connectivity index (χ2n) is 9.31. The van der Waals surface area contributed by atoms with Crippen LogP contribution in [0.4, 0.5) is 30.6 Å². The Kier molecular flexibility index (Phi) is 7.69. The number of rotatable bonds is 7. The van der Waals surface area contributed by atoms with Gasteiger partial charge in [0.2, 0.25) is 11.9 Å². The van der Waals surface area contributed by atoms with Crippen LogP contribution in [0, 0.1) is 0 Å². The number of alkyl halides is 3. The van der Waals surface area contributed by atoms with Gasteiger partial charge < -0.3 is 20.3 Å². The van der Waals surface area contributed by atoms with Crippen molar-refractivity contribution >= 4 is 34.1 Å². The first-order valence-electron chi connectivity index (χ1n) is 12.7. The number of pyridine rings is 1. The number of piperazine rings is 1. The van der Waals surface area contributed by atoms with Crippen molar-refractivity contribution in [2.75, 3.05) is 62.4 Å². The number of ether oxygens (including phenoxy) is 1. The van der Waals surface area contributed by atoms with Gasteiger partial charge in [0.25, 0.3) is 0 Å². The third-order valence-electron chi connectivity index (χ3n) is 6.74. The Balaban J connectivity index is 1.32. The van der Waals surface area contributed by atoms with E-state index in [4.69, 9.17) is 4.74 Å². The van der Waals surface area contributed by atoms with Gasteiger partial charge in [-0.05, 0) is 47.9 Å². The fraction of sp³-hybridized carbons (Fsp3) is 0.286. The molecule has 40 heavy (non-hydrogen) atoms. The summed E-state index contributed by atoms with van der Waals surface area (Å²) in [5, 5.41) is 7.65. The van der Waals surface area contributed by atoms with Gasteiger partial charge in [-0.15, -0.1) is 0 Å². The van der Waals surface area contributed by atoms with Gasteiger partial charge in [-0.3, -0.25) is 9.69 Å². The third kappa shape index (κ3) is 5.91. The van der Waals surface area contributed by atoms with Crippen LogP contribution in [0.1, 0.15) is 5.56 Å². The minimum atomic E-state index is -4.49. The zero-order valence-corrected chi connectivity index (χ0v) is 22.0. The summed E-state index contributed by atoms with van der Waals surface area (Å²) in [6.45, 7) is 1.58. The lowest BCUT2D eigenvalue weighted by Gasteiger charge is -2.36. The van der Waals surface area contributed by atoms with Gasteiger partial charge in [0.1, 0.15) is 11.6 Å². The molecule has 5 rings (SSSR count). The third-order valence-corrected chi connectivity index (χ3v) is 6.74. The van der Waals surface area contributed by atoms with Crippen LogP contribution in [0.15, 0.2) is 60.9 Å². The Labute approximate surface area is 229 Å². The summed E-state index contributed by atoms with van der Waals surface area (Å²) >= 11 is 0. The van der Waals surface area contributed by atoms with Crippen molar-refractivity contribution in [1.29, 1.82) is 0 Å². The van der Waals surface area contributed by atoms with E-state index in [2.05, 4.69) is 25.6 Å². The van der Waals surface area contributed by atoms with E-state index in [-0.39, 0.29) is 18.3 Å². The number of carbonyl (C=O) groups excluding carboxylic acids is 1. The number of methoxy groups -OCH3 is 1. The quantitative estimate of drug-likeness (QED) is 0.346. The molecule has 0 radical (unpaired) electrons. The van der Waals surface area contributed by atoms with Crippen molar-refractivity contribution < 1.29 is 22.7 Å². The number of benzene rings is 2. The Morgan fingerprint density at radius 3 is 2.55 bits per heavy atom. The number of nitrogens with one attached hydrogen (secondary N) is 2. The van der Waals surface area contributed by atoms with E-state index < -0.39 is 11.7 Å².